The molecule has 4 heterocycles. The zero-order chi connectivity index (χ0) is 25.0. The summed E-state index contributed by atoms with van der Waals surface area (Å²) in [6.07, 6.45) is 1.07. The molecular weight excluding hydrogens is 459 g/mol. The first-order valence-electron chi connectivity index (χ1n) is 12.0. The third kappa shape index (κ3) is 3.58. The Morgan fingerprint density at radius 2 is 2.00 bits per heavy atom. The molecule has 2 saturated heterocycles. The molecule has 36 heavy (non-hydrogen) atoms. The van der Waals surface area contributed by atoms with Crippen molar-refractivity contribution < 1.29 is 13.9 Å². The molecule has 8 nitrogen and oxygen atoms in total. The van der Waals surface area contributed by atoms with Gasteiger partial charge in [-0.2, -0.15) is 0 Å². The maximum Gasteiger partial charge on any atom is 0.274 e. The normalized spacial score (nSPS) is 18.7. The highest BCUT2D eigenvalue weighted by molar-refractivity contribution is 6.08. The summed E-state index contributed by atoms with van der Waals surface area (Å²) >= 11 is 0. The van der Waals surface area contributed by atoms with Crippen LogP contribution in [0.1, 0.15) is 22.7 Å². The van der Waals surface area contributed by atoms with Gasteiger partial charge >= 0.3 is 0 Å². The van der Waals surface area contributed by atoms with Crippen LogP contribution in [0.4, 0.5) is 15.8 Å². The molecule has 2 aliphatic heterocycles. The van der Waals surface area contributed by atoms with E-state index < -0.39 is 5.82 Å². The van der Waals surface area contributed by atoms with Gasteiger partial charge in [-0.1, -0.05) is 12.1 Å². The number of amides is 1. The van der Waals surface area contributed by atoms with Gasteiger partial charge in [0.1, 0.15) is 28.6 Å². The van der Waals surface area contributed by atoms with Crippen molar-refractivity contribution in [1.82, 2.24) is 19.9 Å². The van der Waals surface area contributed by atoms with Gasteiger partial charge in [-0.05, 0) is 49.7 Å². The highest BCUT2D eigenvalue weighted by Crippen LogP contribution is 2.40. The van der Waals surface area contributed by atoms with Crippen LogP contribution >= 0.6 is 0 Å². The Morgan fingerprint density at radius 3 is 2.75 bits per heavy atom. The van der Waals surface area contributed by atoms with Gasteiger partial charge in [-0.3, -0.25) is 4.79 Å². The second-order valence-electron chi connectivity index (χ2n) is 9.37. The summed E-state index contributed by atoms with van der Waals surface area (Å²) in [6, 6.07) is 14.3. The van der Waals surface area contributed by atoms with Crippen LogP contribution in [0.3, 0.4) is 0 Å². The predicted octanol–water partition coefficient (Wildman–Crippen LogP) is 3.89. The van der Waals surface area contributed by atoms with Gasteiger partial charge in [0, 0.05) is 32.2 Å². The SMILES string of the molecule is COc1cccc(F)c1-c1cccc(C(=O)Nc2ccc3c(nc(C)n3C)c2N2C[C@@H]3C[C@H]2CN3)n1. The number of imidazole rings is 1. The van der Waals surface area contributed by atoms with E-state index in [1.807, 2.05) is 26.1 Å². The number of aromatic nitrogens is 3. The topological polar surface area (TPSA) is 84.3 Å². The molecule has 6 rings (SSSR count). The van der Waals surface area contributed by atoms with Crippen molar-refractivity contribution in [2.75, 3.05) is 30.4 Å². The van der Waals surface area contributed by atoms with Crippen LogP contribution in [-0.2, 0) is 7.05 Å². The number of benzene rings is 2. The van der Waals surface area contributed by atoms with Gasteiger partial charge in [-0.25, -0.2) is 14.4 Å². The molecule has 0 aliphatic carbocycles. The van der Waals surface area contributed by atoms with Crippen molar-refractivity contribution in [3.63, 3.8) is 0 Å². The average Bonchev–Trinajstić information content (AvgIpc) is 3.59. The average molecular weight is 487 g/mol. The van der Waals surface area contributed by atoms with E-state index in [0.29, 0.717) is 29.2 Å². The van der Waals surface area contributed by atoms with Crippen molar-refractivity contribution >= 4 is 28.3 Å². The van der Waals surface area contributed by atoms with Gasteiger partial charge in [0.15, 0.2) is 0 Å². The van der Waals surface area contributed by atoms with E-state index in [0.717, 1.165) is 42.1 Å². The number of hydrogen-bond acceptors (Lipinski definition) is 6. The minimum Gasteiger partial charge on any atom is -0.496 e. The first kappa shape index (κ1) is 22.5. The number of ether oxygens (including phenoxy) is 1. The van der Waals surface area contributed by atoms with E-state index in [2.05, 4.69) is 25.1 Å². The van der Waals surface area contributed by atoms with Crippen molar-refractivity contribution in [3.8, 4) is 17.0 Å². The molecule has 2 N–H and O–H groups in total. The highest BCUT2D eigenvalue weighted by atomic mass is 19.1. The predicted molar refractivity (Wildman–Crippen MR) is 137 cm³/mol. The Hall–Kier alpha value is -3.98. The van der Waals surface area contributed by atoms with Gasteiger partial charge in [0.25, 0.3) is 5.91 Å². The molecule has 0 saturated carbocycles. The number of pyridine rings is 1. The lowest BCUT2D eigenvalue weighted by Gasteiger charge is -2.31. The Morgan fingerprint density at radius 1 is 1.17 bits per heavy atom. The molecule has 2 aromatic heterocycles. The minimum atomic E-state index is -0.463. The smallest absolute Gasteiger partial charge is 0.274 e. The van der Waals surface area contributed by atoms with E-state index in [1.54, 1.807) is 30.3 Å². The Bertz CT molecular complexity index is 1500. The lowest BCUT2D eigenvalue weighted by molar-refractivity contribution is 0.102. The largest absolute Gasteiger partial charge is 0.496 e. The van der Waals surface area contributed by atoms with Gasteiger partial charge in [0.2, 0.25) is 0 Å². The van der Waals surface area contributed by atoms with E-state index in [1.165, 1.54) is 13.2 Å². The lowest BCUT2D eigenvalue weighted by Crippen LogP contribution is -2.44. The standard InChI is InChI=1S/C27H27FN6O2/c1-15-30-25-22(33(15)2)11-10-20(26(25)34-14-16-12-17(34)13-29-16)32-27(35)21-8-5-7-19(31-21)24-18(28)6-4-9-23(24)36-3/h4-11,16-17,29H,12-14H2,1-3H3,(H,32,35)/t16-,17-/m0/s1. The fraction of sp³-hybridized carbons (Fsp3) is 0.296. The molecule has 2 atom stereocenters. The first-order valence-corrected chi connectivity index (χ1v) is 12.0. The number of hydrogen-bond donors (Lipinski definition) is 2. The minimum absolute atomic E-state index is 0.186. The molecular formula is C27H27FN6O2. The van der Waals surface area contributed by atoms with Crippen LogP contribution in [-0.4, -0.2) is 52.7 Å². The number of carbonyl (C=O) groups is 1. The second kappa shape index (κ2) is 8.60. The van der Waals surface area contributed by atoms with Crippen molar-refractivity contribution in [2.24, 2.45) is 7.05 Å². The van der Waals surface area contributed by atoms with Gasteiger partial charge < -0.3 is 24.8 Å². The molecule has 0 radical (unpaired) electrons. The lowest BCUT2D eigenvalue weighted by atomic mass is 10.1. The Labute approximate surface area is 208 Å². The zero-order valence-electron chi connectivity index (χ0n) is 20.4. The Balaban J connectivity index is 1.39. The second-order valence-corrected chi connectivity index (χ2v) is 9.37. The molecule has 2 aliphatic rings. The van der Waals surface area contributed by atoms with E-state index in [4.69, 9.17) is 9.72 Å². The number of fused-ring (bicyclic) bond motifs is 3. The number of carbonyl (C=O) groups excluding carboxylic acids is 1. The molecule has 2 aromatic carbocycles. The number of aryl methyl sites for hydroxylation is 2. The molecule has 184 valence electrons. The molecule has 0 spiro atoms. The van der Waals surface area contributed by atoms with Crippen molar-refractivity contribution in [1.29, 1.82) is 0 Å². The molecule has 0 unspecified atom stereocenters. The summed E-state index contributed by atoms with van der Waals surface area (Å²) in [7, 11) is 3.48. The number of anilines is 2. The highest BCUT2D eigenvalue weighted by Gasteiger charge is 2.39. The maximum atomic E-state index is 14.6. The Kier molecular flexibility index (Phi) is 5.37. The van der Waals surface area contributed by atoms with Gasteiger partial charge in [0.05, 0.1) is 35.3 Å². The van der Waals surface area contributed by atoms with E-state index in [-0.39, 0.29) is 17.2 Å². The number of rotatable bonds is 5. The maximum absolute atomic E-state index is 14.6. The van der Waals surface area contributed by atoms with Gasteiger partial charge in [-0.15, -0.1) is 0 Å². The summed E-state index contributed by atoms with van der Waals surface area (Å²) in [4.78, 5) is 25.1. The summed E-state index contributed by atoms with van der Waals surface area (Å²) < 4.78 is 22.0. The number of halogens is 1. The zero-order valence-corrected chi connectivity index (χ0v) is 20.4. The summed E-state index contributed by atoms with van der Waals surface area (Å²) in [5, 5.41) is 6.60. The van der Waals surface area contributed by atoms with E-state index >= 15 is 0 Å². The van der Waals surface area contributed by atoms with Crippen LogP contribution < -0.4 is 20.3 Å². The summed E-state index contributed by atoms with van der Waals surface area (Å²) in [6.45, 7) is 3.75. The van der Waals surface area contributed by atoms with Crippen LogP contribution in [0.25, 0.3) is 22.3 Å². The van der Waals surface area contributed by atoms with Crippen molar-refractivity contribution in [2.45, 2.75) is 25.4 Å². The van der Waals surface area contributed by atoms with Crippen molar-refractivity contribution in [3.05, 3.63) is 65.9 Å². The van der Waals surface area contributed by atoms with Crippen LogP contribution in [0.5, 0.6) is 5.75 Å². The monoisotopic (exact) mass is 486 g/mol. The quantitative estimate of drug-likeness (QED) is 0.445. The first-order chi connectivity index (χ1) is 17.4. The number of methoxy groups -OCH3 is 1. The van der Waals surface area contributed by atoms with Crippen LogP contribution in [0.2, 0.25) is 0 Å². The summed E-state index contributed by atoms with van der Waals surface area (Å²) in [5.74, 6) is 0.430. The van der Waals surface area contributed by atoms with Crippen LogP contribution in [0.15, 0.2) is 48.5 Å². The molecule has 1 amide bonds. The number of piperazine rings is 1. The third-order valence-corrected chi connectivity index (χ3v) is 7.28. The van der Waals surface area contributed by atoms with Crippen LogP contribution in [0, 0.1) is 12.7 Å². The molecule has 9 heteroatoms. The van der Waals surface area contributed by atoms with E-state index in [9.17, 15) is 9.18 Å². The fourth-order valence-corrected chi connectivity index (χ4v) is 5.40. The fourth-order valence-electron chi connectivity index (χ4n) is 5.40. The number of nitrogens with zero attached hydrogens (tertiary/aromatic N) is 4. The molecule has 2 bridgehead atoms. The molecule has 2 fully saturated rings. The summed E-state index contributed by atoms with van der Waals surface area (Å²) in [5.41, 5.74) is 4.25. The third-order valence-electron chi connectivity index (χ3n) is 7.28. The molecule has 4 aromatic rings. The number of nitrogens with one attached hydrogen (secondary N) is 2.